The number of hydrogen-bond acceptors (Lipinski definition) is 2. The van der Waals surface area contributed by atoms with Crippen molar-refractivity contribution in [2.24, 2.45) is 0 Å². The summed E-state index contributed by atoms with van der Waals surface area (Å²) in [5, 5.41) is 0.473. The predicted octanol–water partition coefficient (Wildman–Crippen LogP) is 5.09. The zero-order valence-corrected chi connectivity index (χ0v) is 14.0. The lowest BCUT2D eigenvalue weighted by molar-refractivity contribution is -0.104. The van der Waals surface area contributed by atoms with Crippen molar-refractivity contribution in [1.82, 2.24) is 0 Å². The average molecular weight is 378 g/mol. The van der Waals surface area contributed by atoms with E-state index in [1.54, 1.807) is 0 Å². The molecule has 0 aliphatic carbocycles. The van der Waals surface area contributed by atoms with Crippen LogP contribution in [0.3, 0.4) is 0 Å². The Hall–Kier alpha value is -1.97. The molecule has 2 aromatic carbocycles. The highest BCUT2D eigenvalue weighted by Gasteiger charge is 1.93. The highest BCUT2D eigenvalue weighted by molar-refractivity contribution is 9.15. The van der Waals surface area contributed by atoms with Gasteiger partial charge in [0.2, 0.25) is 0 Å². The van der Waals surface area contributed by atoms with Gasteiger partial charge in [-0.15, -0.1) is 0 Å². The van der Waals surface area contributed by atoms with Gasteiger partial charge in [-0.25, -0.2) is 0 Å². The number of benzene rings is 2. The van der Waals surface area contributed by atoms with E-state index in [-0.39, 0.29) is 0 Å². The number of rotatable bonds is 4. The summed E-state index contributed by atoms with van der Waals surface area (Å²) in [5.74, 6) is 0. The van der Waals surface area contributed by atoms with Crippen LogP contribution in [0.15, 0.2) is 72.8 Å². The first-order chi connectivity index (χ1) is 10.7. The Bertz CT molecular complexity index is 590. The molecule has 0 saturated heterocycles. The topological polar surface area (TPSA) is 34.1 Å². The zero-order chi connectivity index (χ0) is 16.2. The van der Waals surface area contributed by atoms with Gasteiger partial charge in [0.25, 0.3) is 0 Å². The molecule has 0 aliphatic rings. The number of allylic oxidation sites excluding steroid dienone is 2. The van der Waals surface area contributed by atoms with Crippen molar-refractivity contribution in [2.75, 3.05) is 0 Å². The lowest BCUT2D eigenvalue weighted by Gasteiger charge is -1.94. The second kappa shape index (κ2) is 10.7. The van der Waals surface area contributed by atoms with Crippen molar-refractivity contribution >= 4 is 49.6 Å². The molecule has 0 N–H and O–H groups in total. The van der Waals surface area contributed by atoms with Crippen molar-refractivity contribution < 1.29 is 9.59 Å². The SMILES string of the molecule is O=CC=C(Br)c1ccccc1.O=CC=C(Cl)c1ccccc1. The summed E-state index contributed by atoms with van der Waals surface area (Å²) >= 11 is 9.01. The third-order valence-electron chi connectivity index (χ3n) is 2.53. The van der Waals surface area contributed by atoms with E-state index in [2.05, 4.69) is 15.9 Å². The first kappa shape index (κ1) is 18.1. The molecule has 0 fully saturated rings. The number of carbonyl (C=O) groups is 2. The van der Waals surface area contributed by atoms with Gasteiger partial charge < -0.3 is 0 Å². The van der Waals surface area contributed by atoms with E-state index in [1.807, 2.05) is 60.7 Å². The molecule has 0 aliphatic heterocycles. The zero-order valence-electron chi connectivity index (χ0n) is 11.7. The number of halogens is 2. The van der Waals surface area contributed by atoms with Crippen molar-refractivity contribution in [3.05, 3.63) is 83.9 Å². The van der Waals surface area contributed by atoms with E-state index in [4.69, 9.17) is 11.6 Å². The van der Waals surface area contributed by atoms with Gasteiger partial charge in [0, 0.05) is 4.48 Å². The van der Waals surface area contributed by atoms with E-state index in [0.29, 0.717) is 11.3 Å². The normalized spacial score (nSPS) is 11.2. The first-order valence-corrected chi connectivity index (χ1v) is 7.59. The molecule has 0 amide bonds. The molecule has 2 rings (SSSR count). The second-order valence-corrected chi connectivity index (χ2v) is 5.29. The fourth-order valence-electron chi connectivity index (χ4n) is 1.51. The van der Waals surface area contributed by atoms with Crippen LogP contribution in [0.5, 0.6) is 0 Å². The van der Waals surface area contributed by atoms with Gasteiger partial charge in [-0.3, -0.25) is 9.59 Å². The molecule has 2 aromatic rings. The molecule has 0 aromatic heterocycles. The molecule has 0 bridgehead atoms. The molecule has 22 heavy (non-hydrogen) atoms. The molecular formula is C18H14BrClO2. The third-order valence-corrected chi connectivity index (χ3v) is 3.59. The maximum atomic E-state index is 10.1. The summed E-state index contributed by atoms with van der Waals surface area (Å²) in [5.41, 5.74) is 1.88. The predicted molar refractivity (Wildman–Crippen MR) is 95.7 cm³/mol. The van der Waals surface area contributed by atoms with Crippen molar-refractivity contribution in [2.45, 2.75) is 0 Å². The van der Waals surface area contributed by atoms with Crippen LogP contribution in [0.4, 0.5) is 0 Å². The van der Waals surface area contributed by atoms with Crippen LogP contribution in [0.1, 0.15) is 11.1 Å². The fraction of sp³-hybridized carbons (Fsp3) is 0. The first-order valence-electron chi connectivity index (χ1n) is 6.41. The van der Waals surface area contributed by atoms with Crippen LogP contribution in [0, 0.1) is 0 Å². The van der Waals surface area contributed by atoms with Gasteiger partial charge in [-0.1, -0.05) is 88.2 Å². The molecule has 4 heteroatoms. The van der Waals surface area contributed by atoms with Gasteiger partial charge in [0.05, 0.1) is 5.03 Å². The number of carbonyl (C=O) groups excluding carboxylic acids is 2. The van der Waals surface area contributed by atoms with E-state index in [1.165, 1.54) is 12.2 Å². The average Bonchev–Trinajstić information content (AvgIpc) is 2.57. The highest BCUT2D eigenvalue weighted by atomic mass is 79.9. The van der Waals surface area contributed by atoms with Crippen molar-refractivity contribution in [1.29, 1.82) is 0 Å². The Kier molecular flexibility index (Phi) is 8.80. The minimum atomic E-state index is 0.473. The molecule has 0 radical (unpaired) electrons. The van der Waals surface area contributed by atoms with E-state index < -0.39 is 0 Å². The number of hydrogen-bond donors (Lipinski definition) is 0. The summed E-state index contributed by atoms with van der Waals surface area (Å²) < 4.78 is 0.813. The van der Waals surface area contributed by atoms with Gasteiger partial charge in [0.15, 0.2) is 0 Å². The second-order valence-electron chi connectivity index (χ2n) is 4.03. The van der Waals surface area contributed by atoms with Crippen LogP contribution >= 0.6 is 27.5 Å². The van der Waals surface area contributed by atoms with Crippen LogP contribution in [-0.2, 0) is 9.59 Å². The summed E-state index contributed by atoms with van der Waals surface area (Å²) in [6.45, 7) is 0. The summed E-state index contributed by atoms with van der Waals surface area (Å²) in [6, 6.07) is 19.0. The Balaban J connectivity index is 0.000000220. The summed E-state index contributed by atoms with van der Waals surface area (Å²) in [6.07, 6.45) is 4.25. The van der Waals surface area contributed by atoms with Crippen LogP contribution in [-0.4, -0.2) is 12.6 Å². The number of aldehydes is 2. The van der Waals surface area contributed by atoms with Gasteiger partial charge in [-0.2, -0.15) is 0 Å². The molecule has 0 saturated carbocycles. The van der Waals surface area contributed by atoms with Crippen LogP contribution in [0.25, 0.3) is 9.51 Å². The standard InChI is InChI=1S/C9H7BrO.C9H7ClO/c2*10-9(6-7-11)8-4-2-1-3-5-8/h2*1-7H. The Morgan fingerprint density at radius 2 is 1.23 bits per heavy atom. The Morgan fingerprint density at radius 1 is 0.773 bits per heavy atom. The molecule has 0 heterocycles. The third kappa shape index (κ3) is 6.66. The lowest BCUT2D eigenvalue weighted by atomic mass is 10.2. The quantitative estimate of drug-likeness (QED) is 0.549. The Labute approximate surface area is 143 Å². The highest BCUT2D eigenvalue weighted by Crippen LogP contribution is 2.19. The maximum Gasteiger partial charge on any atom is 0.144 e. The summed E-state index contributed by atoms with van der Waals surface area (Å²) in [7, 11) is 0. The Morgan fingerprint density at radius 3 is 1.68 bits per heavy atom. The van der Waals surface area contributed by atoms with Gasteiger partial charge in [0.1, 0.15) is 12.6 Å². The van der Waals surface area contributed by atoms with Gasteiger partial charge in [-0.05, 0) is 23.3 Å². The van der Waals surface area contributed by atoms with Crippen LogP contribution in [0.2, 0.25) is 0 Å². The van der Waals surface area contributed by atoms with E-state index in [0.717, 1.165) is 21.9 Å². The van der Waals surface area contributed by atoms with Crippen LogP contribution < -0.4 is 0 Å². The molecule has 0 atom stereocenters. The van der Waals surface area contributed by atoms with E-state index in [9.17, 15) is 9.59 Å². The fourth-order valence-corrected chi connectivity index (χ4v) is 2.06. The minimum Gasteiger partial charge on any atom is -0.299 e. The lowest BCUT2D eigenvalue weighted by Crippen LogP contribution is -1.75. The summed E-state index contributed by atoms with van der Waals surface area (Å²) in [4.78, 5) is 20.1. The molecular weight excluding hydrogens is 364 g/mol. The van der Waals surface area contributed by atoms with Gasteiger partial charge >= 0.3 is 0 Å². The minimum absolute atomic E-state index is 0.473. The monoisotopic (exact) mass is 376 g/mol. The molecule has 0 unspecified atom stereocenters. The van der Waals surface area contributed by atoms with Crippen molar-refractivity contribution in [3.8, 4) is 0 Å². The molecule has 2 nitrogen and oxygen atoms in total. The largest absolute Gasteiger partial charge is 0.299 e. The maximum absolute atomic E-state index is 10.1. The van der Waals surface area contributed by atoms with Crippen molar-refractivity contribution in [3.63, 3.8) is 0 Å². The molecule has 0 spiro atoms. The molecule has 112 valence electrons. The smallest absolute Gasteiger partial charge is 0.144 e. The van der Waals surface area contributed by atoms with E-state index >= 15 is 0 Å².